The fourth-order valence-corrected chi connectivity index (χ4v) is 5.40. The molecule has 0 radical (unpaired) electrons. The van der Waals surface area contributed by atoms with Crippen molar-refractivity contribution in [3.63, 3.8) is 0 Å². The molecule has 14 heteroatoms. The van der Waals surface area contributed by atoms with Gasteiger partial charge in [0.25, 0.3) is 5.91 Å². The number of alkyl halides is 3. The number of thiazole rings is 1. The molecular formula is C25H26F3N9OS. The van der Waals surface area contributed by atoms with Crippen LogP contribution in [0.4, 0.5) is 24.7 Å². The Morgan fingerprint density at radius 1 is 1.13 bits per heavy atom. The molecule has 0 unspecified atom stereocenters. The molecule has 6 rings (SSSR count). The van der Waals surface area contributed by atoms with Crippen molar-refractivity contribution < 1.29 is 18.0 Å². The van der Waals surface area contributed by atoms with Crippen LogP contribution < -0.4 is 10.2 Å². The Labute approximate surface area is 225 Å². The molecule has 0 aromatic carbocycles. The van der Waals surface area contributed by atoms with Crippen LogP contribution in [0.25, 0.3) is 16.5 Å². The number of carbonyl (C=O) groups excluding carboxylic acids is 1. The number of hydrogen-bond donors (Lipinski definition) is 1. The van der Waals surface area contributed by atoms with E-state index in [1.807, 2.05) is 10.8 Å². The Hall–Kier alpha value is -3.81. The minimum atomic E-state index is -4.47. The van der Waals surface area contributed by atoms with Crippen LogP contribution in [-0.2, 0) is 0 Å². The van der Waals surface area contributed by atoms with Crippen molar-refractivity contribution >= 4 is 28.7 Å². The van der Waals surface area contributed by atoms with Gasteiger partial charge in [0.15, 0.2) is 10.8 Å². The highest BCUT2D eigenvalue weighted by atomic mass is 32.1. The van der Waals surface area contributed by atoms with E-state index in [2.05, 4.69) is 35.4 Å². The smallest absolute Gasteiger partial charge is 0.369 e. The van der Waals surface area contributed by atoms with Gasteiger partial charge in [-0.15, -0.1) is 21.5 Å². The monoisotopic (exact) mass is 557 g/mol. The molecule has 5 heterocycles. The summed E-state index contributed by atoms with van der Waals surface area (Å²) >= 11 is 1.06. The van der Waals surface area contributed by atoms with Crippen molar-refractivity contribution in [2.45, 2.75) is 57.2 Å². The highest BCUT2D eigenvalue weighted by Gasteiger charge is 2.39. The summed E-state index contributed by atoms with van der Waals surface area (Å²) < 4.78 is 42.6. The topological polar surface area (TPSA) is 107 Å². The first-order valence-electron chi connectivity index (χ1n) is 12.8. The van der Waals surface area contributed by atoms with E-state index < -0.39 is 18.1 Å². The first kappa shape index (κ1) is 25.5. The third kappa shape index (κ3) is 5.24. The lowest BCUT2D eigenvalue weighted by molar-refractivity contribution is -0.162. The van der Waals surface area contributed by atoms with Gasteiger partial charge in [-0.1, -0.05) is 0 Å². The minimum absolute atomic E-state index is 0.0248. The number of aromatic nitrogens is 7. The lowest BCUT2D eigenvalue weighted by atomic mass is 10.1. The van der Waals surface area contributed by atoms with Gasteiger partial charge in [-0.05, 0) is 45.1 Å². The number of carbonyl (C=O) groups is 1. The Kier molecular flexibility index (Phi) is 6.57. The molecule has 4 aromatic heterocycles. The molecule has 1 saturated carbocycles. The molecule has 4 aromatic rings. The van der Waals surface area contributed by atoms with E-state index >= 15 is 0 Å². The number of halogens is 3. The minimum Gasteiger partial charge on any atom is -0.369 e. The van der Waals surface area contributed by atoms with Crippen LogP contribution in [0.2, 0.25) is 0 Å². The van der Waals surface area contributed by atoms with Crippen molar-refractivity contribution in [1.82, 2.24) is 34.3 Å². The maximum absolute atomic E-state index is 13.3. The van der Waals surface area contributed by atoms with E-state index in [-0.39, 0.29) is 22.3 Å². The van der Waals surface area contributed by atoms with Crippen LogP contribution in [0, 0.1) is 0 Å². The molecule has 1 aliphatic carbocycles. The summed E-state index contributed by atoms with van der Waals surface area (Å²) in [6.07, 6.45) is 7.74. The normalized spacial score (nSPS) is 16.9. The molecule has 2 aliphatic rings. The number of nitrogens with one attached hydrogen (secondary N) is 1. The Balaban J connectivity index is 1.25. The Morgan fingerprint density at radius 3 is 2.67 bits per heavy atom. The van der Waals surface area contributed by atoms with Gasteiger partial charge in [-0.2, -0.15) is 13.2 Å². The van der Waals surface area contributed by atoms with Gasteiger partial charge in [0.05, 0.1) is 29.6 Å². The quantitative estimate of drug-likeness (QED) is 0.332. The zero-order valence-corrected chi connectivity index (χ0v) is 21.9. The number of rotatable bonds is 7. The zero-order valence-electron chi connectivity index (χ0n) is 21.1. The predicted molar refractivity (Wildman–Crippen MR) is 139 cm³/mol. The van der Waals surface area contributed by atoms with Crippen molar-refractivity contribution in [3.8, 4) is 16.5 Å². The molecule has 1 N–H and O–H groups in total. The SMILES string of the molecule is C[C@H](n1cnnc1-c1nc(NC(=O)c2cc(-n3cnc(C4CC4)c3)c(N3CCCCC3)cn2)cs1)C(F)(F)F. The van der Waals surface area contributed by atoms with Gasteiger partial charge >= 0.3 is 6.18 Å². The number of hydrogen-bond acceptors (Lipinski definition) is 8. The first-order chi connectivity index (χ1) is 18.8. The van der Waals surface area contributed by atoms with E-state index in [4.69, 9.17) is 0 Å². The highest BCUT2D eigenvalue weighted by molar-refractivity contribution is 7.13. The predicted octanol–water partition coefficient (Wildman–Crippen LogP) is 5.23. The number of anilines is 2. The molecule has 1 saturated heterocycles. The van der Waals surface area contributed by atoms with Crippen LogP contribution in [0.3, 0.4) is 0 Å². The lowest BCUT2D eigenvalue weighted by Gasteiger charge is -2.30. The molecule has 1 aliphatic heterocycles. The molecule has 0 bridgehead atoms. The van der Waals surface area contributed by atoms with Crippen molar-refractivity contribution in [1.29, 1.82) is 0 Å². The Bertz CT molecular complexity index is 1480. The lowest BCUT2D eigenvalue weighted by Crippen LogP contribution is -2.30. The largest absolute Gasteiger partial charge is 0.408 e. The van der Waals surface area contributed by atoms with E-state index in [0.29, 0.717) is 5.92 Å². The zero-order chi connectivity index (χ0) is 27.1. The van der Waals surface area contributed by atoms with E-state index in [9.17, 15) is 18.0 Å². The second-order valence-corrected chi connectivity index (χ2v) is 10.7. The first-order valence-corrected chi connectivity index (χ1v) is 13.7. The molecule has 10 nitrogen and oxygen atoms in total. The Morgan fingerprint density at radius 2 is 1.92 bits per heavy atom. The van der Waals surface area contributed by atoms with Gasteiger partial charge in [0.2, 0.25) is 0 Å². The van der Waals surface area contributed by atoms with Gasteiger partial charge < -0.3 is 14.8 Å². The van der Waals surface area contributed by atoms with E-state index in [1.165, 1.54) is 6.42 Å². The molecule has 2 fully saturated rings. The highest BCUT2D eigenvalue weighted by Crippen LogP contribution is 2.40. The average Bonchev–Trinajstić information content (AvgIpc) is 3.30. The van der Waals surface area contributed by atoms with Gasteiger partial charge in [0.1, 0.15) is 23.9 Å². The maximum atomic E-state index is 13.3. The number of piperidine rings is 1. The molecule has 1 amide bonds. The summed E-state index contributed by atoms with van der Waals surface area (Å²) in [5.74, 6) is 0.184. The summed E-state index contributed by atoms with van der Waals surface area (Å²) in [6.45, 7) is 2.86. The summed E-state index contributed by atoms with van der Waals surface area (Å²) in [7, 11) is 0. The third-order valence-corrected chi connectivity index (χ3v) is 7.91. The second kappa shape index (κ2) is 10.1. The molecule has 0 spiro atoms. The van der Waals surface area contributed by atoms with Gasteiger partial charge in [-0.3, -0.25) is 9.36 Å². The number of amides is 1. The van der Waals surface area contributed by atoms with E-state index in [1.54, 1.807) is 24.0 Å². The summed E-state index contributed by atoms with van der Waals surface area (Å²) in [6, 6.07) is -0.0823. The fraction of sp³-hybridized carbons (Fsp3) is 0.440. The summed E-state index contributed by atoms with van der Waals surface area (Å²) in [4.78, 5) is 28.8. The molecule has 204 valence electrons. The van der Waals surface area contributed by atoms with Crippen LogP contribution >= 0.6 is 11.3 Å². The molecular weight excluding hydrogens is 531 g/mol. The fourth-order valence-electron chi connectivity index (χ4n) is 4.66. The molecule has 39 heavy (non-hydrogen) atoms. The van der Waals surface area contributed by atoms with Crippen LogP contribution in [0.5, 0.6) is 0 Å². The van der Waals surface area contributed by atoms with Crippen LogP contribution in [-0.4, -0.2) is 59.5 Å². The van der Waals surface area contributed by atoms with Gasteiger partial charge in [0, 0.05) is 30.6 Å². The van der Waals surface area contributed by atoms with Crippen LogP contribution in [0.1, 0.15) is 67.2 Å². The van der Waals surface area contributed by atoms with Crippen molar-refractivity contribution in [2.24, 2.45) is 0 Å². The number of nitrogens with zero attached hydrogens (tertiary/aromatic N) is 8. The van der Waals surface area contributed by atoms with E-state index in [0.717, 1.165) is 85.0 Å². The maximum Gasteiger partial charge on any atom is 0.408 e. The number of imidazole rings is 1. The number of pyridine rings is 1. The standard InChI is InChI=1S/C25H26F3N9OS/c1-15(25(26,27)28)37-14-31-34-22(37)24-33-21(12-39-24)32-23(38)17-9-19(36-11-18(30-13-36)16-5-6-16)20(10-29-17)35-7-3-2-4-8-35/h9-16H,2-8H2,1H3,(H,32,38)/t15-/m0/s1. The average molecular weight is 558 g/mol. The van der Waals surface area contributed by atoms with Gasteiger partial charge in [-0.25, -0.2) is 15.0 Å². The van der Waals surface area contributed by atoms with Crippen LogP contribution in [0.15, 0.2) is 36.5 Å². The third-order valence-electron chi connectivity index (χ3n) is 7.07. The summed E-state index contributed by atoms with van der Waals surface area (Å²) in [5, 5.41) is 11.9. The van der Waals surface area contributed by atoms with Crippen molar-refractivity contribution in [2.75, 3.05) is 23.3 Å². The van der Waals surface area contributed by atoms with Crippen molar-refractivity contribution in [3.05, 3.63) is 47.9 Å². The summed E-state index contributed by atoms with van der Waals surface area (Å²) in [5.41, 5.74) is 3.01. The second-order valence-electron chi connectivity index (χ2n) is 9.86. The molecule has 1 atom stereocenters.